The largest absolute Gasteiger partial charge is 0.370 e. The zero-order chi connectivity index (χ0) is 15.2. The summed E-state index contributed by atoms with van der Waals surface area (Å²) in [6.07, 6.45) is 1.25. The Bertz CT molecular complexity index is 463. The molecule has 0 aromatic heterocycles. The molecule has 1 aromatic rings. The predicted octanol–water partition coefficient (Wildman–Crippen LogP) is 3.09. The molecule has 1 aliphatic rings. The Morgan fingerprint density at radius 2 is 2.00 bits per heavy atom. The highest BCUT2D eigenvalue weighted by atomic mass is 127. The van der Waals surface area contributed by atoms with Gasteiger partial charge in [0.25, 0.3) is 0 Å². The molecule has 0 heterocycles. The monoisotopic (exact) mass is 416 g/mol. The van der Waals surface area contributed by atoms with E-state index in [4.69, 9.17) is 4.99 Å². The van der Waals surface area contributed by atoms with Gasteiger partial charge < -0.3 is 15.5 Å². The highest BCUT2D eigenvalue weighted by molar-refractivity contribution is 14.0. The molecule has 5 heteroatoms. The number of nitrogens with one attached hydrogen (secondary N) is 2. The number of guanidine groups is 1. The molecule has 1 aliphatic carbocycles. The van der Waals surface area contributed by atoms with Crippen molar-refractivity contribution >= 4 is 35.6 Å². The molecule has 1 aromatic carbocycles. The lowest BCUT2D eigenvalue weighted by molar-refractivity contribution is 0.684. The number of rotatable bonds is 6. The molecule has 22 heavy (non-hydrogen) atoms. The van der Waals surface area contributed by atoms with Crippen LogP contribution in [0.15, 0.2) is 35.3 Å². The lowest BCUT2D eigenvalue weighted by Crippen LogP contribution is -2.40. The molecule has 3 atom stereocenters. The molecule has 0 aliphatic heterocycles. The number of para-hydroxylation sites is 1. The third kappa shape index (κ3) is 5.66. The lowest BCUT2D eigenvalue weighted by Gasteiger charge is -2.26. The van der Waals surface area contributed by atoms with Gasteiger partial charge in [0.15, 0.2) is 5.96 Å². The van der Waals surface area contributed by atoms with E-state index in [1.54, 1.807) is 0 Å². The SMILES string of the molecule is CCNC(=NCC(C)N(C)c1ccccc1)NC1CC1C.I. The molecule has 0 radical (unpaired) electrons. The zero-order valence-electron chi connectivity index (χ0n) is 14.0. The van der Waals surface area contributed by atoms with Gasteiger partial charge >= 0.3 is 0 Å². The first-order chi connectivity index (χ1) is 10.1. The van der Waals surface area contributed by atoms with Crippen LogP contribution in [0.5, 0.6) is 0 Å². The molecule has 0 amide bonds. The second-order valence-electron chi connectivity index (χ2n) is 5.98. The number of aliphatic imine (C=N–C) groups is 1. The van der Waals surface area contributed by atoms with Gasteiger partial charge in [0.1, 0.15) is 0 Å². The topological polar surface area (TPSA) is 39.7 Å². The van der Waals surface area contributed by atoms with E-state index < -0.39 is 0 Å². The average Bonchev–Trinajstić information content (AvgIpc) is 3.20. The number of hydrogen-bond acceptors (Lipinski definition) is 2. The highest BCUT2D eigenvalue weighted by Gasteiger charge is 2.33. The Kier molecular flexibility index (Phi) is 8.00. The number of likely N-dealkylation sites (N-methyl/N-ethyl adjacent to an activating group) is 1. The molecule has 2 N–H and O–H groups in total. The summed E-state index contributed by atoms with van der Waals surface area (Å²) in [7, 11) is 2.12. The molecular weight excluding hydrogens is 387 g/mol. The summed E-state index contributed by atoms with van der Waals surface area (Å²) in [5, 5.41) is 6.82. The Morgan fingerprint density at radius 1 is 1.36 bits per heavy atom. The number of benzene rings is 1. The lowest BCUT2D eigenvalue weighted by atomic mass is 10.2. The highest BCUT2D eigenvalue weighted by Crippen LogP contribution is 2.28. The maximum atomic E-state index is 4.73. The van der Waals surface area contributed by atoms with Crippen LogP contribution in [0.3, 0.4) is 0 Å². The van der Waals surface area contributed by atoms with Crippen LogP contribution >= 0.6 is 24.0 Å². The fourth-order valence-electron chi connectivity index (χ4n) is 2.28. The van der Waals surface area contributed by atoms with E-state index in [2.05, 4.69) is 67.6 Å². The Balaban J connectivity index is 0.00000242. The minimum absolute atomic E-state index is 0. The standard InChI is InChI=1S/C17H28N4.HI/c1-5-18-17(20-16-11-13(16)2)19-12-14(3)21(4)15-9-7-6-8-10-15;/h6-10,13-14,16H,5,11-12H2,1-4H3,(H2,18,19,20);1H. The van der Waals surface area contributed by atoms with E-state index in [9.17, 15) is 0 Å². The Hall–Kier alpha value is -0.980. The summed E-state index contributed by atoms with van der Waals surface area (Å²) in [4.78, 5) is 7.00. The first-order valence-corrected chi connectivity index (χ1v) is 7.94. The maximum absolute atomic E-state index is 4.73. The van der Waals surface area contributed by atoms with Crippen molar-refractivity contribution in [3.63, 3.8) is 0 Å². The zero-order valence-corrected chi connectivity index (χ0v) is 16.4. The fraction of sp³-hybridized carbons (Fsp3) is 0.588. The van der Waals surface area contributed by atoms with Crippen LogP contribution in [0.1, 0.15) is 27.2 Å². The van der Waals surface area contributed by atoms with Crippen molar-refractivity contribution in [2.75, 3.05) is 25.0 Å². The van der Waals surface area contributed by atoms with Gasteiger partial charge in [-0.25, -0.2) is 0 Å². The van der Waals surface area contributed by atoms with Crippen LogP contribution in [0.2, 0.25) is 0 Å². The second kappa shape index (κ2) is 9.22. The van der Waals surface area contributed by atoms with E-state index in [0.29, 0.717) is 12.1 Å². The van der Waals surface area contributed by atoms with Crippen molar-refractivity contribution < 1.29 is 0 Å². The molecule has 0 saturated heterocycles. The van der Waals surface area contributed by atoms with Gasteiger partial charge in [-0.15, -0.1) is 24.0 Å². The third-order valence-electron chi connectivity index (χ3n) is 4.11. The van der Waals surface area contributed by atoms with E-state index in [0.717, 1.165) is 25.0 Å². The van der Waals surface area contributed by atoms with Gasteiger partial charge in [0, 0.05) is 31.4 Å². The number of nitrogens with zero attached hydrogens (tertiary/aromatic N) is 2. The van der Waals surface area contributed by atoms with Gasteiger partial charge in [-0.1, -0.05) is 25.1 Å². The van der Waals surface area contributed by atoms with E-state index in [-0.39, 0.29) is 24.0 Å². The average molecular weight is 416 g/mol. The van der Waals surface area contributed by atoms with Crippen LogP contribution in [-0.2, 0) is 0 Å². The first kappa shape index (κ1) is 19.1. The number of anilines is 1. The summed E-state index contributed by atoms with van der Waals surface area (Å²) in [6, 6.07) is 11.4. The van der Waals surface area contributed by atoms with Crippen LogP contribution in [0.25, 0.3) is 0 Å². The summed E-state index contributed by atoms with van der Waals surface area (Å²) >= 11 is 0. The van der Waals surface area contributed by atoms with Crippen molar-refractivity contribution in [3.05, 3.63) is 30.3 Å². The second-order valence-corrected chi connectivity index (χ2v) is 5.98. The molecule has 1 fully saturated rings. The van der Waals surface area contributed by atoms with Crippen LogP contribution < -0.4 is 15.5 Å². The molecular formula is C17H29IN4. The molecule has 124 valence electrons. The van der Waals surface area contributed by atoms with Crippen molar-refractivity contribution in [2.24, 2.45) is 10.9 Å². The van der Waals surface area contributed by atoms with Gasteiger partial charge in [0.05, 0.1) is 6.54 Å². The first-order valence-electron chi connectivity index (χ1n) is 7.94. The van der Waals surface area contributed by atoms with Crippen LogP contribution in [0.4, 0.5) is 5.69 Å². The van der Waals surface area contributed by atoms with Crippen LogP contribution in [0, 0.1) is 5.92 Å². The normalized spacial score (nSPS) is 21.5. The van der Waals surface area contributed by atoms with Gasteiger partial charge in [-0.3, -0.25) is 4.99 Å². The minimum atomic E-state index is 0. The van der Waals surface area contributed by atoms with Crippen molar-refractivity contribution in [2.45, 2.75) is 39.3 Å². The van der Waals surface area contributed by atoms with E-state index in [1.807, 2.05) is 6.07 Å². The van der Waals surface area contributed by atoms with Gasteiger partial charge in [-0.2, -0.15) is 0 Å². The minimum Gasteiger partial charge on any atom is -0.370 e. The van der Waals surface area contributed by atoms with E-state index >= 15 is 0 Å². The summed E-state index contributed by atoms with van der Waals surface area (Å²) in [6.45, 7) is 8.26. The molecule has 1 saturated carbocycles. The summed E-state index contributed by atoms with van der Waals surface area (Å²) < 4.78 is 0. The number of halogens is 1. The van der Waals surface area contributed by atoms with Gasteiger partial charge in [0.2, 0.25) is 0 Å². The predicted molar refractivity (Wildman–Crippen MR) is 106 cm³/mol. The molecule has 0 bridgehead atoms. The molecule has 2 rings (SSSR count). The quantitative estimate of drug-likeness (QED) is 0.426. The number of hydrogen-bond donors (Lipinski definition) is 2. The molecule has 3 unspecified atom stereocenters. The fourth-order valence-corrected chi connectivity index (χ4v) is 2.28. The Morgan fingerprint density at radius 3 is 2.55 bits per heavy atom. The summed E-state index contributed by atoms with van der Waals surface area (Å²) in [5.41, 5.74) is 1.23. The van der Waals surface area contributed by atoms with Crippen LogP contribution in [-0.4, -0.2) is 38.2 Å². The molecule has 0 spiro atoms. The van der Waals surface area contributed by atoms with E-state index in [1.165, 1.54) is 12.1 Å². The smallest absolute Gasteiger partial charge is 0.191 e. The Labute approximate surface area is 151 Å². The van der Waals surface area contributed by atoms with Crippen molar-refractivity contribution in [3.8, 4) is 0 Å². The van der Waals surface area contributed by atoms with Crippen molar-refractivity contribution in [1.82, 2.24) is 10.6 Å². The van der Waals surface area contributed by atoms with Gasteiger partial charge in [-0.05, 0) is 38.3 Å². The third-order valence-corrected chi connectivity index (χ3v) is 4.11. The maximum Gasteiger partial charge on any atom is 0.191 e. The summed E-state index contributed by atoms with van der Waals surface area (Å²) in [5.74, 6) is 1.72. The van der Waals surface area contributed by atoms with Crippen molar-refractivity contribution in [1.29, 1.82) is 0 Å². The molecule has 4 nitrogen and oxygen atoms in total.